The van der Waals surface area contributed by atoms with Gasteiger partial charge in [0.1, 0.15) is 5.60 Å². The van der Waals surface area contributed by atoms with Crippen molar-refractivity contribution in [3.8, 4) is 0 Å². The van der Waals surface area contributed by atoms with E-state index in [4.69, 9.17) is 9.72 Å². The van der Waals surface area contributed by atoms with Gasteiger partial charge in [-0.3, -0.25) is 0 Å². The Bertz CT molecular complexity index is 735. The predicted molar refractivity (Wildman–Crippen MR) is 89.0 cm³/mol. The first-order valence-electron chi connectivity index (χ1n) is 7.97. The second-order valence-electron chi connectivity index (χ2n) is 6.61. The lowest BCUT2D eigenvalue weighted by Crippen LogP contribution is -2.35. The van der Waals surface area contributed by atoms with Crippen molar-refractivity contribution in [3.63, 3.8) is 0 Å². The minimum absolute atomic E-state index is 0.194. The zero-order valence-electron chi connectivity index (χ0n) is 13.7. The number of hydrogen-bond acceptors (Lipinski definition) is 6. The van der Waals surface area contributed by atoms with Gasteiger partial charge in [0.2, 0.25) is 0 Å². The van der Waals surface area contributed by atoms with Crippen LogP contribution < -0.4 is 4.90 Å². The van der Waals surface area contributed by atoms with Crippen LogP contribution in [0.15, 0.2) is 0 Å². The van der Waals surface area contributed by atoms with Crippen LogP contribution in [0.5, 0.6) is 0 Å². The molecule has 2 aliphatic rings. The van der Waals surface area contributed by atoms with Gasteiger partial charge in [0, 0.05) is 33.6 Å². The molecule has 0 N–H and O–H groups in total. The first-order chi connectivity index (χ1) is 11.0. The summed E-state index contributed by atoms with van der Waals surface area (Å²) in [5, 5.41) is 5.46. The van der Waals surface area contributed by atoms with Crippen molar-refractivity contribution in [1.29, 1.82) is 0 Å². The molecule has 2 fully saturated rings. The summed E-state index contributed by atoms with van der Waals surface area (Å²) >= 11 is 1.71. The number of thiazole rings is 1. The summed E-state index contributed by atoms with van der Waals surface area (Å²) in [4.78, 5) is 20.5. The van der Waals surface area contributed by atoms with Crippen LogP contribution in [-0.2, 0) is 11.8 Å². The van der Waals surface area contributed by atoms with Crippen molar-refractivity contribution in [1.82, 2.24) is 19.7 Å². The molecule has 1 spiro atoms. The Labute approximate surface area is 138 Å². The molecule has 1 atom stereocenters. The van der Waals surface area contributed by atoms with Crippen LogP contribution in [0.3, 0.4) is 0 Å². The quantitative estimate of drug-likeness (QED) is 0.799. The number of carbonyl (C=O) groups is 1. The summed E-state index contributed by atoms with van der Waals surface area (Å²) in [5.74, 6) is 0. The molecule has 2 aromatic rings. The van der Waals surface area contributed by atoms with Gasteiger partial charge in [0.05, 0.1) is 16.9 Å². The van der Waals surface area contributed by atoms with Gasteiger partial charge in [-0.15, -0.1) is 0 Å². The highest BCUT2D eigenvalue weighted by Crippen LogP contribution is 2.36. The molecule has 0 radical (unpaired) electrons. The van der Waals surface area contributed by atoms with Crippen molar-refractivity contribution in [2.24, 2.45) is 7.05 Å². The molecule has 124 valence electrons. The van der Waals surface area contributed by atoms with Crippen LogP contribution in [0.1, 0.15) is 25.0 Å². The van der Waals surface area contributed by atoms with E-state index >= 15 is 0 Å². The normalized spacial score (nSPS) is 25.4. The Hall–Kier alpha value is -1.83. The minimum Gasteiger partial charge on any atom is -0.441 e. The Morgan fingerprint density at radius 3 is 2.78 bits per heavy atom. The number of ether oxygens (including phenoxy) is 1. The van der Waals surface area contributed by atoms with E-state index in [0.717, 1.165) is 53.5 Å². The molecule has 0 unspecified atom stereocenters. The summed E-state index contributed by atoms with van der Waals surface area (Å²) < 4.78 is 8.68. The lowest BCUT2D eigenvalue weighted by atomic mass is 9.95. The average molecular weight is 335 g/mol. The number of amides is 1. The van der Waals surface area contributed by atoms with Crippen LogP contribution in [-0.4, -0.2) is 58.0 Å². The molecule has 0 aromatic carbocycles. The molecule has 2 aliphatic heterocycles. The third-order valence-corrected chi connectivity index (χ3v) is 6.06. The van der Waals surface area contributed by atoms with E-state index in [1.54, 1.807) is 16.2 Å². The van der Waals surface area contributed by atoms with Gasteiger partial charge in [-0.2, -0.15) is 5.10 Å². The van der Waals surface area contributed by atoms with Gasteiger partial charge in [-0.25, -0.2) is 14.5 Å². The number of fused-ring (bicyclic) bond motifs is 1. The van der Waals surface area contributed by atoms with Gasteiger partial charge >= 0.3 is 6.09 Å². The van der Waals surface area contributed by atoms with Crippen molar-refractivity contribution >= 4 is 32.9 Å². The highest BCUT2D eigenvalue weighted by atomic mass is 32.1. The monoisotopic (exact) mass is 335 g/mol. The number of nitrogens with zero attached hydrogens (tertiary/aromatic N) is 5. The molecule has 8 heteroatoms. The Kier molecular flexibility index (Phi) is 3.26. The fourth-order valence-electron chi connectivity index (χ4n) is 3.62. The van der Waals surface area contributed by atoms with Crippen molar-refractivity contribution < 1.29 is 9.53 Å². The van der Waals surface area contributed by atoms with Gasteiger partial charge < -0.3 is 14.5 Å². The topological polar surface area (TPSA) is 63.5 Å². The van der Waals surface area contributed by atoms with E-state index in [2.05, 4.69) is 10.00 Å². The molecular formula is C15H21N5O2S. The van der Waals surface area contributed by atoms with Crippen LogP contribution in [0.4, 0.5) is 9.93 Å². The molecule has 0 aliphatic carbocycles. The number of rotatable bonds is 1. The SMILES string of the molecule is Cc1nn(C)c2nc(N3CCC[C@@]4(CC3)CN(C)C(=O)O4)sc12. The second kappa shape index (κ2) is 5.09. The molecule has 2 saturated heterocycles. The second-order valence-corrected chi connectivity index (χ2v) is 7.58. The van der Waals surface area contributed by atoms with Crippen molar-refractivity contribution in [2.45, 2.75) is 31.8 Å². The summed E-state index contributed by atoms with van der Waals surface area (Å²) in [6, 6.07) is 0. The standard InChI is InChI=1S/C15H21N5O2S/c1-10-11-12(19(3)17-10)16-13(23-11)20-7-4-5-15(6-8-20)9-18(2)14(21)22-15/h4-9H2,1-3H3/t15-/m1/s1. The third-order valence-electron chi connectivity index (χ3n) is 4.84. The summed E-state index contributed by atoms with van der Waals surface area (Å²) in [6.45, 7) is 4.54. The predicted octanol–water partition coefficient (Wildman–Crippen LogP) is 2.15. The molecule has 0 bridgehead atoms. The van der Waals surface area contributed by atoms with Gasteiger partial charge in [-0.05, 0) is 19.8 Å². The summed E-state index contributed by atoms with van der Waals surface area (Å²) in [6.07, 6.45) is 2.59. The van der Waals surface area contributed by atoms with Crippen LogP contribution >= 0.6 is 11.3 Å². The van der Waals surface area contributed by atoms with E-state index in [9.17, 15) is 4.79 Å². The molecular weight excluding hydrogens is 314 g/mol. The maximum Gasteiger partial charge on any atom is 0.410 e. The van der Waals surface area contributed by atoms with Crippen LogP contribution in [0.2, 0.25) is 0 Å². The molecule has 4 rings (SSSR count). The highest BCUT2D eigenvalue weighted by Gasteiger charge is 2.44. The molecule has 23 heavy (non-hydrogen) atoms. The number of hydrogen-bond donors (Lipinski definition) is 0. The van der Waals surface area contributed by atoms with E-state index in [1.165, 1.54) is 0 Å². The fourth-order valence-corrected chi connectivity index (χ4v) is 4.70. The lowest BCUT2D eigenvalue weighted by molar-refractivity contribution is 0.0473. The molecule has 7 nitrogen and oxygen atoms in total. The zero-order chi connectivity index (χ0) is 16.2. The average Bonchev–Trinajstić information content (AvgIpc) is 3.07. The zero-order valence-corrected chi connectivity index (χ0v) is 14.5. The first kappa shape index (κ1) is 14.7. The van der Waals surface area contributed by atoms with Gasteiger partial charge in [0.15, 0.2) is 10.8 Å². The van der Waals surface area contributed by atoms with E-state index in [1.807, 2.05) is 25.7 Å². The maximum absolute atomic E-state index is 11.7. The van der Waals surface area contributed by atoms with E-state index < -0.39 is 0 Å². The highest BCUT2D eigenvalue weighted by molar-refractivity contribution is 7.22. The Morgan fingerprint density at radius 1 is 1.26 bits per heavy atom. The van der Waals surface area contributed by atoms with Gasteiger partial charge in [-0.1, -0.05) is 11.3 Å². The van der Waals surface area contributed by atoms with Crippen molar-refractivity contribution in [3.05, 3.63) is 5.69 Å². The molecule has 2 aromatic heterocycles. The minimum atomic E-state index is -0.311. The smallest absolute Gasteiger partial charge is 0.410 e. The fraction of sp³-hybridized carbons (Fsp3) is 0.667. The van der Waals surface area contributed by atoms with Gasteiger partial charge in [0.25, 0.3) is 0 Å². The number of aryl methyl sites for hydroxylation is 2. The van der Waals surface area contributed by atoms with Crippen molar-refractivity contribution in [2.75, 3.05) is 31.6 Å². The largest absolute Gasteiger partial charge is 0.441 e. The van der Waals surface area contributed by atoms with E-state index in [0.29, 0.717) is 6.54 Å². The van der Waals surface area contributed by atoms with E-state index in [-0.39, 0.29) is 11.7 Å². The molecule has 1 amide bonds. The lowest BCUT2D eigenvalue weighted by Gasteiger charge is -2.25. The Balaban J connectivity index is 1.56. The first-order valence-corrected chi connectivity index (χ1v) is 8.78. The number of carbonyl (C=O) groups excluding carboxylic acids is 1. The van der Waals surface area contributed by atoms with Crippen LogP contribution in [0.25, 0.3) is 10.3 Å². The maximum atomic E-state index is 11.7. The Morgan fingerprint density at radius 2 is 2.09 bits per heavy atom. The number of aromatic nitrogens is 3. The molecule has 0 saturated carbocycles. The molecule has 4 heterocycles. The summed E-state index contributed by atoms with van der Waals surface area (Å²) in [5.41, 5.74) is 1.67. The number of anilines is 1. The number of likely N-dealkylation sites (N-methyl/N-ethyl adjacent to an activating group) is 1. The third kappa shape index (κ3) is 2.36. The summed E-state index contributed by atoms with van der Waals surface area (Å²) in [7, 11) is 3.74. The van der Waals surface area contributed by atoms with Crippen LogP contribution in [0, 0.1) is 6.92 Å².